The van der Waals surface area contributed by atoms with Gasteiger partial charge in [0.1, 0.15) is 0 Å². The van der Waals surface area contributed by atoms with E-state index in [4.69, 9.17) is 9.90 Å². The summed E-state index contributed by atoms with van der Waals surface area (Å²) in [5.41, 5.74) is 0. The average molecular weight is 84.0 g/mol. The van der Waals surface area contributed by atoms with Crippen LogP contribution < -0.4 is 18.9 Å². The fraction of sp³-hybridized carbons (Fsp3) is 0.500. The molecule has 0 aliphatic carbocycles. The third-order valence-electron chi connectivity index (χ3n) is 0.175. The van der Waals surface area contributed by atoms with Crippen LogP contribution in [0.2, 0.25) is 0 Å². The van der Waals surface area contributed by atoms with Gasteiger partial charge in [-0.25, -0.2) is 4.79 Å². The minimum atomic E-state index is -1.25. The van der Waals surface area contributed by atoms with Gasteiger partial charge in [-0.15, -0.1) is 0 Å². The predicted octanol–water partition coefficient (Wildman–Crippen LogP) is -2.57. The van der Waals surface area contributed by atoms with Crippen molar-refractivity contribution < 1.29 is 34.9 Å². The molecule has 0 saturated heterocycles. The van der Waals surface area contributed by atoms with Gasteiger partial charge in [-0.3, -0.25) is 0 Å². The smallest absolute Gasteiger partial charge is 1.00 e. The molecule has 0 unspecified atom stereocenters. The van der Waals surface area contributed by atoms with Gasteiger partial charge in [-0.05, 0) is 0 Å². The summed E-state index contributed by atoms with van der Waals surface area (Å²) >= 11 is 0. The maximum atomic E-state index is 9.15. The molecule has 0 heterocycles. The quantitative estimate of drug-likeness (QED) is 0.259. The number of ether oxygens (including phenoxy) is 1. The van der Waals surface area contributed by atoms with Gasteiger partial charge in [0.05, 0.1) is 7.11 Å². The van der Waals surface area contributed by atoms with Crippen molar-refractivity contribution in [1.82, 2.24) is 0 Å². The summed E-state index contributed by atoms with van der Waals surface area (Å²) < 4.78 is 3.67. The molecule has 0 radical (unpaired) electrons. The van der Waals surface area contributed by atoms with Crippen LogP contribution in [0.1, 0.15) is 1.43 Å². The zero-order valence-electron chi connectivity index (χ0n) is 4.76. The summed E-state index contributed by atoms with van der Waals surface area (Å²) in [5.74, 6) is 0. The second-order valence-electron chi connectivity index (χ2n) is 0.470. The van der Waals surface area contributed by atoms with Crippen molar-refractivity contribution in [1.29, 1.82) is 0 Å². The molecule has 0 aromatic rings. The van der Waals surface area contributed by atoms with Crippen molar-refractivity contribution in [2.45, 2.75) is 0 Å². The van der Waals surface area contributed by atoms with E-state index in [1.54, 1.807) is 0 Å². The zero-order valence-corrected chi connectivity index (χ0v) is 3.76. The first kappa shape index (κ1) is 9.29. The number of hydrogen-bond acceptors (Lipinski definition) is 2. The molecule has 6 heavy (non-hydrogen) atoms. The fourth-order valence-electron chi connectivity index (χ4n) is 0. The topological polar surface area (TPSA) is 46.5 Å². The van der Waals surface area contributed by atoms with Gasteiger partial charge in [0, 0.05) is 0 Å². The largest absolute Gasteiger partial charge is 1.00 e. The van der Waals surface area contributed by atoms with Gasteiger partial charge in [0.15, 0.2) is 0 Å². The Balaban J connectivity index is -0.0000000800. The van der Waals surface area contributed by atoms with Crippen LogP contribution in [0.4, 0.5) is 4.79 Å². The summed E-state index contributed by atoms with van der Waals surface area (Å²) in [7, 11) is 1.10. The van der Waals surface area contributed by atoms with Crippen LogP contribution in [-0.4, -0.2) is 18.4 Å². The standard InChI is InChI=1S/C2H4O3.Li.H/c1-5-2(3)4;;/h1H3,(H,3,4);;/q;+1;-1. The minimum absolute atomic E-state index is 0. The number of methoxy groups -OCH3 is 1. The van der Waals surface area contributed by atoms with E-state index < -0.39 is 6.16 Å². The number of hydrogen-bond donors (Lipinski definition) is 1. The van der Waals surface area contributed by atoms with Gasteiger partial charge >= 0.3 is 25.0 Å². The maximum absolute atomic E-state index is 9.15. The Bertz CT molecular complexity index is 48.2. The van der Waals surface area contributed by atoms with Crippen molar-refractivity contribution in [3.8, 4) is 0 Å². The maximum Gasteiger partial charge on any atom is 1.00 e. The number of carboxylic acid groups (broad SMARTS) is 1. The molecule has 0 spiro atoms. The number of carbonyl (C=O) groups is 1. The summed E-state index contributed by atoms with van der Waals surface area (Å²) in [4.78, 5) is 9.15. The van der Waals surface area contributed by atoms with E-state index in [0.717, 1.165) is 7.11 Å². The molecule has 32 valence electrons. The van der Waals surface area contributed by atoms with Gasteiger partial charge < -0.3 is 11.3 Å². The molecule has 0 amide bonds. The van der Waals surface area contributed by atoms with E-state index >= 15 is 0 Å². The van der Waals surface area contributed by atoms with E-state index in [1.807, 2.05) is 0 Å². The molecular formula is C2H5LiO3. The number of rotatable bonds is 0. The summed E-state index contributed by atoms with van der Waals surface area (Å²) in [6.07, 6.45) is -1.25. The van der Waals surface area contributed by atoms with Crippen LogP contribution in [0.25, 0.3) is 0 Å². The fourth-order valence-corrected chi connectivity index (χ4v) is 0. The Hall–Kier alpha value is -0.133. The first-order chi connectivity index (χ1) is 2.27. The van der Waals surface area contributed by atoms with E-state index in [9.17, 15) is 0 Å². The second-order valence-corrected chi connectivity index (χ2v) is 0.470. The first-order valence-corrected chi connectivity index (χ1v) is 1.04. The molecule has 0 aromatic heterocycles. The Morgan fingerprint density at radius 2 is 2.17 bits per heavy atom. The minimum Gasteiger partial charge on any atom is -1.00 e. The van der Waals surface area contributed by atoms with Crippen LogP contribution in [-0.2, 0) is 4.74 Å². The molecule has 0 saturated carbocycles. The monoisotopic (exact) mass is 84.0 g/mol. The van der Waals surface area contributed by atoms with E-state index in [0.29, 0.717) is 0 Å². The molecule has 3 nitrogen and oxygen atoms in total. The Morgan fingerprint density at radius 3 is 2.17 bits per heavy atom. The van der Waals surface area contributed by atoms with Crippen molar-refractivity contribution in [2.24, 2.45) is 0 Å². The molecule has 0 rings (SSSR count). The average Bonchev–Trinajstić information content (AvgIpc) is 1.38. The third-order valence-corrected chi connectivity index (χ3v) is 0.175. The van der Waals surface area contributed by atoms with Crippen LogP contribution >= 0.6 is 0 Å². The Morgan fingerprint density at radius 1 is 2.00 bits per heavy atom. The van der Waals surface area contributed by atoms with Gasteiger partial charge in [0.2, 0.25) is 0 Å². The molecule has 0 aliphatic heterocycles. The van der Waals surface area contributed by atoms with E-state index in [2.05, 4.69) is 4.74 Å². The molecule has 0 fully saturated rings. The van der Waals surface area contributed by atoms with Crippen molar-refractivity contribution >= 4 is 6.16 Å². The molecule has 1 N–H and O–H groups in total. The van der Waals surface area contributed by atoms with Gasteiger partial charge in [0.25, 0.3) is 0 Å². The second kappa shape index (κ2) is 4.87. The molecule has 0 aromatic carbocycles. The zero-order chi connectivity index (χ0) is 4.28. The van der Waals surface area contributed by atoms with Crippen molar-refractivity contribution in [2.75, 3.05) is 7.11 Å². The van der Waals surface area contributed by atoms with Gasteiger partial charge in [-0.1, -0.05) is 0 Å². The Kier molecular flexibility index (Phi) is 7.54. The van der Waals surface area contributed by atoms with Crippen LogP contribution in [0.15, 0.2) is 0 Å². The molecule has 0 atom stereocenters. The molecule has 0 bridgehead atoms. The van der Waals surface area contributed by atoms with Crippen LogP contribution in [0.3, 0.4) is 0 Å². The Labute approximate surface area is 49.0 Å². The summed E-state index contributed by atoms with van der Waals surface area (Å²) in [5, 5.41) is 7.50. The van der Waals surface area contributed by atoms with Gasteiger partial charge in [-0.2, -0.15) is 0 Å². The molecular weight excluding hydrogens is 79.0 g/mol. The van der Waals surface area contributed by atoms with Crippen LogP contribution in [0, 0.1) is 0 Å². The SMILES string of the molecule is COC(=O)O.[H-].[Li+]. The van der Waals surface area contributed by atoms with Crippen molar-refractivity contribution in [3.05, 3.63) is 0 Å². The van der Waals surface area contributed by atoms with E-state index in [-0.39, 0.29) is 20.3 Å². The van der Waals surface area contributed by atoms with Crippen LogP contribution in [0.5, 0.6) is 0 Å². The summed E-state index contributed by atoms with van der Waals surface area (Å²) in [6.45, 7) is 0. The third kappa shape index (κ3) is 9.12. The summed E-state index contributed by atoms with van der Waals surface area (Å²) in [6, 6.07) is 0. The molecule has 4 heteroatoms. The van der Waals surface area contributed by atoms with Crippen molar-refractivity contribution in [3.63, 3.8) is 0 Å². The van der Waals surface area contributed by atoms with E-state index in [1.165, 1.54) is 0 Å². The predicted molar refractivity (Wildman–Crippen MR) is 16.1 cm³/mol. The normalized spacial score (nSPS) is 5.50. The molecule has 0 aliphatic rings. The first-order valence-electron chi connectivity index (χ1n) is 1.04.